The number of carbonyl (C=O) groups is 2. The van der Waals surface area contributed by atoms with Crippen LogP contribution in [0.25, 0.3) is 0 Å². The van der Waals surface area contributed by atoms with E-state index < -0.39 is 15.6 Å². The van der Waals surface area contributed by atoms with Gasteiger partial charge in [-0.05, 0) is 80.5 Å². The van der Waals surface area contributed by atoms with Crippen LogP contribution in [0.1, 0.15) is 38.5 Å². The standard InChI is InChI=1S/C22H29ClN4O4S/c23-17-2-4-18(5-3-17)27-7-1-6-26(32(27,30)31)13-19(28)25-20-15-8-14-9-16(20)12-22(10-14,11-15)21(24)29/h2-5,14-16,20H,1,6-13H2,(H2,24,29)(H,25,28). The van der Waals surface area contributed by atoms with Crippen LogP contribution in [0.4, 0.5) is 5.69 Å². The van der Waals surface area contributed by atoms with Gasteiger partial charge in [-0.15, -0.1) is 0 Å². The van der Waals surface area contributed by atoms with Gasteiger partial charge in [0, 0.05) is 29.6 Å². The van der Waals surface area contributed by atoms with Gasteiger partial charge in [-0.3, -0.25) is 13.9 Å². The van der Waals surface area contributed by atoms with Gasteiger partial charge >= 0.3 is 10.2 Å². The molecule has 3 N–H and O–H groups in total. The lowest BCUT2D eigenvalue weighted by Gasteiger charge is -2.58. The summed E-state index contributed by atoms with van der Waals surface area (Å²) < 4.78 is 28.9. The number of amides is 2. The highest BCUT2D eigenvalue weighted by Gasteiger charge is 2.58. The summed E-state index contributed by atoms with van der Waals surface area (Å²) in [5.74, 6) is 0.492. The van der Waals surface area contributed by atoms with Gasteiger partial charge < -0.3 is 11.1 Å². The van der Waals surface area contributed by atoms with E-state index in [1.54, 1.807) is 24.3 Å². The summed E-state index contributed by atoms with van der Waals surface area (Å²) in [4.78, 5) is 25.1. The molecule has 0 spiro atoms. The van der Waals surface area contributed by atoms with E-state index in [0.29, 0.717) is 36.1 Å². The second kappa shape index (κ2) is 7.88. The lowest BCUT2D eigenvalue weighted by molar-refractivity contribution is -0.147. The summed E-state index contributed by atoms with van der Waals surface area (Å²) in [6.45, 7) is 0.475. The minimum absolute atomic E-state index is 0.00797. The zero-order valence-electron chi connectivity index (χ0n) is 17.9. The van der Waals surface area contributed by atoms with Crippen molar-refractivity contribution in [1.29, 1.82) is 0 Å². The molecule has 4 saturated carbocycles. The molecule has 6 rings (SSSR count). The number of hydrogen-bond donors (Lipinski definition) is 2. The summed E-state index contributed by atoms with van der Waals surface area (Å²) in [5.41, 5.74) is 5.88. The third-order valence-electron chi connectivity index (χ3n) is 7.93. The second-order valence-corrected chi connectivity index (χ2v) is 12.2. The van der Waals surface area contributed by atoms with Crippen LogP contribution in [0.3, 0.4) is 0 Å². The molecule has 5 aliphatic rings. The highest BCUT2D eigenvalue weighted by molar-refractivity contribution is 7.90. The molecule has 1 heterocycles. The van der Waals surface area contributed by atoms with Crippen molar-refractivity contribution in [2.45, 2.75) is 44.6 Å². The van der Waals surface area contributed by atoms with Gasteiger partial charge in [-0.2, -0.15) is 12.7 Å². The number of primary amides is 1. The van der Waals surface area contributed by atoms with Crippen molar-refractivity contribution in [1.82, 2.24) is 9.62 Å². The van der Waals surface area contributed by atoms with Crippen LogP contribution >= 0.6 is 11.6 Å². The fourth-order valence-corrected chi connectivity index (χ4v) is 8.54. The molecule has 1 aliphatic heterocycles. The van der Waals surface area contributed by atoms with Crippen molar-refractivity contribution in [2.75, 3.05) is 23.9 Å². The minimum Gasteiger partial charge on any atom is -0.369 e. The van der Waals surface area contributed by atoms with E-state index in [2.05, 4.69) is 5.32 Å². The maximum absolute atomic E-state index is 13.2. The third-order valence-corrected chi connectivity index (χ3v) is 10.1. The predicted octanol–water partition coefficient (Wildman–Crippen LogP) is 1.89. The normalized spacial score (nSPS) is 35.6. The molecule has 32 heavy (non-hydrogen) atoms. The molecular formula is C22H29ClN4O4S. The molecule has 4 aliphatic carbocycles. The number of carbonyl (C=O) groups excluding carboxylic acids is 2. The van der Waals surface area contributed by atoms with Gasteiger partial charge in [0.2, 0.25) is 11.8 Å². The summed E-state index contributed by atoms with van der Waals surface area (Å²) in [7, 11) is -3.81. The molecule has 5 fully saturated rings. The van der Waals surface area contributed by atoms with Gasteiger partial charge in [0.1, 0.15) is 0 Å². The fraction of sp³-hybridized carbons (Fsp3) is 0.636. The van der Waals surface area contributed by atoms with Crippen molar-refractivity contribution in [2.24, 2.45) is 28.9 Å². The average molecular weight is 481 g/mol. The summed E-state index contributed by atoms with van der Waals surface area (Å²) in [5, 5.41) is 3.67. The number of nitrogens with one attached hydrogen (secondary N) is 1. The van der Waals surface area contributed by atoms with Crippen molar-refractivity contribution >= 4 is 39.3 Å². The van der Waals surface area contributed by atoms with Gasteiger partial charge in [0.05, 0.1) is 12.2 Å². The van der Waals surface area contributed by atoms with E-state index in [0.717, 1.165) is 32.1 Å². The predicted molar refractivity (Wildman–Crippen MR) is 121 cm³/mol. The number of halogens is 1. The van der Waals surface area contributed by atoms with Crippen LogP contribution in [0.15, 0.2) is 24.3 Å². The Bertz CT molecular complexity index is 1010. The molecule has 174 valence electrons. The topological polar surface area (TPSA) is 113 Å². The van der Waals surface area contributed by atoms with Crippen molar-refractivity contribution in [3.05, 3.63) is 29.3 Å². The largest absolute Gasteiger partial charge is 0.369 e. The SMILES string of the molecule is NC(=O)C12CC3CC(C1)C(NC(=O)CN1CCCN(c4ccc(Cl)cc4)S1(=O)=O)C(C3)C2. The van der Waals surface area contributed by atoms with E-state index >= 15 is 0 Å². The lowest BCUT2D eigenvalue weighted by Crippen LogP contribution is -2.63. The minimum atomic E-state index is -3.81. The Morgan fingerprint density at radius 1 is 1.09 bits per heavy atom. The van der Waals surface area contributed by atoms with Crippen LogP contribution in [-0.2, 0) is 19.8 Å². The second-order valence-electron chi connectivity index (χ2n) is 9.95. The first-order valence-corrected chi connectivity index (χ1v) is 13.1. The van der Waals surface area contributed by atoms with Crippen molar-refractivity contribution in [3.63, 3.8) is 0 Å². The van der Waals surface area contributed by atoms with Gasteiger partial charge in [0.25, 0.3) is 0 Å². The first kappa shape index (κ1) is 22.0. The first-order valence-electron chi connectivity index (χ1n) is 11.3. The van der Waals surface area contributed by atoms with E-state index in [4.69, 9.17) is 17.3 Å². The van der Waals surface area contributed by atoms with Crippen LogP contribution in [0.5, 0.6) is 0 Å². The highest BCUT2D eigenvalue weighted by atomic mass is 35.5. The molecule has 10 heteroatoms. The highest BCUT2D eigenvalue weighted by Crippen LogP contribution is 2.59. The number of anilines is 1. The van der Waals surface area contributed by atoms with Gasteiger partial charge in [-0.25, -0.2) is 0 Å². The zero-order valence-corrected chi connectivity index (χ0v) is 19.4. The molecular weight excluding hydrogens is 452 g/mol. The Balaban J connectivity index is 1.26. The quantitative estimate of drug-likeness (QED) is 0.670. The van der Waals surface area contributed by atoms with Crippen LogP contribution in [-0.4, -0.2) is 50.2 Å². The van der Waals surface area contributed by atoms with E-state index in [1.165, 1.54) is 8.61 Å². The molecule has 2 atom stereocenters. The van der Waals surface area contributed by atoms with Crippen LogP contribution in [0.2, 0.25) is 5.02 Å². The average Bonchev–Trinajstić information content (AvgIpc) is 2.72. The molecule has 1 aromatic rings. The Kier molecular flexibility index (Phi) is 5.41. The lowest BCUT2D eigenvalue weighted by atomic mass is 9.47. The number of rotatable bonds is 5. The molecule has 0 radical (unpaired) electrons. The Morgan fingerprint density at radius 2 is 1.75 bits per heavy atom. The van der Waals surface area contributed by atoms with E-state index in [9.17, 15) is 18.0 Å². The smallest absolute Gasteiger partial charge is 0.304 e. The number of nitrogens with zero attached hydrogens (tertiary/aromatic N) is 2. The van der Waals surface area contributed by atoms with Gasteiger partial charge in [-0.1, -0.05) is 11.6 Å². The van der Waals surface area contributed by atoms with E-state index in [-0.39, 0.29) is 36.2 Å². The molecule has 4 bridgehead atoms. The first-order chi connectivity index (χ1) is 15.2. The van der Waals surface area contributed by atoms with Crippen LogP contribution < -0.4 is 15.4 Å². The molecule has 0 aromatic heterocycles. The van der Waals surface area contributed by atoms with Crippen molar-refractivity contribution < 1.29 is 18.0 Å². The number of benzene rings is 1. The zero-order chi connectivity index (χ0) is 22.7. The molecule has 2 amide bonds. The Hall–Kier alpha value is -1.84. The van der Waals surface area contributed by atoms with Crippen molar-refractivity contribution in [3.8, 4) is 0 Å². The molecule has 1 saturated heterocycles. The molecule has 1 aromatic carbocycles. The third kappa shape index (κ3) is 3.68. The molecule has 8 nitrogen and oxygen atoms in total. The maximum atomic E-state index is 13.2. The summed E-state index contributed by atoms with van der Waals surface area (Å²) >= 11 is 5.93. The Morgan fingerprint density at radius 3 is 2.38 bits per heavy atom. The summed E-state index contributed by atoms with van der Waals surface area (Å²) in [6.07, 6.45) is 4.97. The van der Waals surface area contributed by atoms with Gasteiger partial charge in [0.15, 0.2) is 0 Å². The van der Waals surface area contributed by atoms with E-state index in [1.807, 2.05) is 0 Å². The summed E-state index contributed by atoms with van der Waals surface area (Å²) in [6, 6.07) is 6.65. The Labute approximate surface area is 193 Å². The number of hydrogen-bond acceptors (Lipinski definition) is 4. The monoisotopic (exact) mass is 480 g/mol. The van der Waals surface area contributed by atoms with Crippen LogP contribution in [0, 0.1) is 23.2 Å². The fourth-order valence-electron chi connectivity index (χ4n) is 6.74. The maximum Gasteiger partial charge on any atom is 0.304 e. The number of nitrogens with two attached hydrogens (primary N) is 1. The molecule has 2 unspecified atom stereocenters.